The Morgan fingerprint density at radius 1 is 0.833 bits per heavy atom. The van der Waals surface area contributed by atoms with E-state index in [1.54, 1.807) is 6.20 Å². The number of anilines is 1. The monoisotopic (exact) mass is 391 g/mol. The summed E-state index contributed by atoms with van der Waals surface area (Å²) in [5.41, 5.74) is 7.19. The Labute approximate surface area is 175 Å². The highest BCUT2D eigenvalue weighted by molar-refractivity contribution is 5.82. The summed E-state index contributed by atoms with van der Waals surface area (Å²) >= 11 is 0. The Kier molecular flexibility index (Phi) is 4.69. The summed E-state index contributed by atoms with van der Waals surface area (Å²) in [4.78, 5) is 9.38. The van der Waals surface area contributed by atoms with E-state index in [2.05, 4.69) is 64.8 Å². The van der Waals surface area contributed by atoms with Crippen molar-refractivity contribution in [2.24, 2.45) is 0 Å². The van der Waals surface area contributed by atoms with Gasteiger partial charge >= 0.3 is 0 Å². The minimum Gasteiger partial charge on any atom is -0.366 e. The predicted octanol–water partition coefficient (Wildman–Crippen LogP) is 5.38. The van der Waals surface area contributed by atoms with Crippen molar-refractivity contribution in [1.29, 1.82) is 0 Å². The molecule has 5 aromatic rings. The number of nitrogens with one attached hydrogen (secondary N) is 1. The maximum absolute atomic E-state index is 4.88. The van der Waals surface area contributed by atoms with E-state index in [0.717, 1.165) is 34.0 Å². The third kappa shape index (κ3) is 3.53. The predicted molar refractivity (Wildman–Crippen MR) is 120 cm³/mol. The van der Waals surface area contributed by atoms with Crippen LogP contribution in [0.3, 0.4) is 0 Å². The van der Waals surface area contributed by atoms with Crippen molar-refractivity contribution in [2.45, 2.75) is 13.5 Å². The summed E-state index contributed by atoms with van der Waals surface area (Å²) in [5.74, 6) is 0.817. The van der Waals surface area contributed by atoms with Gasteiger partial charge in [0.15, 0.2) is 5.65 Å². The summed E-state index contributed by atoms with van der Waals surface area (Å²) in [6.45, 7) is 2.81. The topological polar surface area (TPSA) is 55.1 Å². The first-order chi connectivity index (χ1) is 14.8. The second kappa shape index (κ2) is 7.79. The Bertz CT molecular complexity index is 1310. The highest BCUT2D eigenvalue weighted by Crippen LogP contribution is 2.33. The molecule has 0 radical (unpaired) electrons. The van der Waals surface area contributed by atoms with Crippen molar-refractivity contribution in [3.8, 4) is 22.5 Å². The van der Waals surface area contributed by atoms with Crippen LogP contribution in [0.4, 0.5) is 5.82 Å². The summed E-state index contributed by atoms with van der Waals surface area (Å²) < 4.78 is 1.90. The van der Waals surface area contributed by atoms with Crippen LogP contribution in [0.2, 0.25) is 0 Å². The molecule has 5 rings (SSSR count). The van der Waals surface area contributed by atoms with E-state index in [1.165, 1.54) is 11.1 Å². The molecule has 1 N–H and O–H groups in total. The van der Waals surface area contributed by atoms with E-state index in [4.69, 9.17) is 4.98 Å². The highest BCUT2D eigenvalue weighted by Gasteiger charge is 2.17. The molecule has 0 fully saturated rings. The number of pyridine rings is 1. The number of aryl methyl sites for hydroxylation is 1. The summed E-state index contributed by atoms with van der Waals surface area (Å²) in [5, 5.41) is 7.98. The summed E-state index contributed by atoms with van der Waals surface area (Å²) in [6, 6.07) is 26.6. The number of hydrogen-bond acceptors (Lipinski definition) is 4. The molecule has 5 heteroatoms. The van der Waals surface area contributed by atoms with Crippen LogP contribution < -0.4 is 5.32 Å². The van der Waals surface area contributed by atoms with Gasteiger partial charge in [-0.2, -0.15) is 5.10 Å². The van der Waals surface area contributed by atoms with Crippen LogP contribution in [-0.4, -0.2) is 19.6 Å². The van der Waals surface area contributed by atoms with Gasteiger partial charge in [0, 0.05) is 30.1 Å². The van der Waals surface area contributed by atoms with Gasteiger partial charge < -0.3 is 5.32 Å². The van der Waals surface area contributed by atoms with Crippen molar-refractivity contribution in [3.63, 3.8) is 0 Å². The lowest BCUT2D eigenvalue weighted by Crippen LogP contribution is -2.01. The van der Waals surface area contributed by atoms with Crippen LogP contribution in [0.5, 0.6) is 0 Å². The SMILES string of the molecule is Cc1cccc(-c2nc3cccnn3c2-c2ccnc(NCc3ccccc3)c2)c1. The van der Waals surface area contributed by atoms with Crippen molar-refractivity contribution in [3.05, 3.63) is 102 Å². The Morgan fingerprint density at radius 2 is 1.73 bits per heavy atom. The quantitative estimate of drug-likeness (QED) is 0.437. The molecule has 0 saturated carbocycles. The molecule has 0 aliphatic heterocycles. The van der Waals surface area contributed by atoms with Gasteiger partial charge in [0.05, 0.1) is 5.69 Å². The van der Waals surface area contributed by atoms with Crippen molar-refractivity contribution >= 4 is 11.5 Å². The zero-order valence-corrected chi connectivity index (χ0v) is 16.7. The number of nitrogens with zero attached hydrogens (tertiary/aromatic N) is 4. The molecule has 0 spiro atoms. The number of fused-ring (bicyclic) bond motifs is 1. The average Bonchev–Trinajstić information content (AvgIpc) is 3.18. The van der Waals surface area contributed by atoms with Gasteiger partial charge in [0.1, 0.15) is 11.5 Å². The number of rotatable bonds is 5. The molecule has 0 aliphatic rings. The first-order valence-electron chi connectivity index (χ1n) is 9.93. The molecule has 5 nitrogen and oxygen atoms in total. The average molecular weight is 391 g/mol. The lowest BCUT2D eigenvalue weighted by atomic mass is 10.0. The Hall–Kier alpha value is -3.99. The number of hydrogen-bond donors (Lipinski definition) is 1. The van der Waals surface area contributed by atoms with Gasteiger partial charge in [-0.05, 0) is 42.8 Å². The van der Waals surface area contributed by atoms with Crippen LogP contribution in [0.1, 0.15) is 11.1 Å². The van der Waals surface area contributed by atoms with Crippen molar-refractivity contribution in [2.75, 3.05) is 5.32 Å². The zero-order chi connectivity index (χ0) is 20.3. The second-order valence-corrected chi connectivity index (χ2v) is 7.24. The third-order valence-corrected chi connectivity index (χ3v) is 5.03. The maximum atomic E-state index is 4.88. The number of benzene rings is 2. The third-order valence-electron chi connectivity index (χ3n) is 5.03. The first-order valence-corrected chi connectivity index (χ1v) is 9.93. The molecule has 0 amide bonds. The molecule has 3 aromatic heterocycles. The molecule has 0 atom stereocenters. The standard InChI is InChI=1S/C25H21N5/c1-18-7-5-10-20(15-18)24-25(30-23(29-24)11-6-13-28-30)21-12-14-26-22(16-21)27-17-19-8-3-2-4-9-19/h2-16H,17H2,1H3,(H,26,27). The molecule has 0 aliphatic carbocycles. The molecule has 3 heterocycles. The first kappa shape index (κ1) is 18.1. The molecule has 2 aromatic carbocycles. The van der Waals surface area contributed by atoms with Crippen molar-refractivity contribution < 1.29 is 0 Å². The minimum absolute atomic E-state index is 0.716. The van der Waals surface area contributed by atoms with E-state index in [1.807, 2.05) is 47.1 Å². The van der Waals surface area contributed by atoms with Gasteiger partial charge in [0.2, 0.25) is 0 Å². The molecule has 0 saturated heterocycles. The largest absolute Gasteiger partial charge is 0.366 e. The molecular formula is C25H21N5. The minimum atomic E-state index is 0.716. The van der Waals surface area contributed by atoms with E-state index in [-0.39, 0.29) is 0 Å². The summed E-state index contributed by atoms with van der Waals surface area (Å²) in [6.07, 6.45) is 3.61. The number of imidazole rings is 1. The van der Waals surface area contributed by atoms with Crippen molar-refractivity contribution in [1.82, 2.24) is 19.6 Å². The van der Waals surface area contributed by atoms with Gasteiger partial charge in [0.25, 0.3) is 0 Å². The van der Waals surface area contributed by atoms with Crippen LogP contribution >= 0.6 is 0 Å². The van der Waals surface area contributed by atoms with E-state index >= 15 is 0 Å². The van der Waals surface area contributed by atoms with Crippen LogP contribution in [0.15, 0.2) is 91.3 Å². The van der Waals surface area contributed by atoms with E-state index in [0.29, 0.717) is 6.54 Å². The molecular weight excluding hydrogens is 370 g/mol. The van der Waals surface area contributed by atoms with E-state index in [9.17, 15) is 0 Å². The van der Waals surface area contributed by atoms with Gasteiger partial charge in [-0.15, -0.1) is 0 Å². The molecule has 146 valence electrons. The molecule has 0 unspecified atom stereocenters. The zero-order valence-electron chi connectivity index (χ0n) is 16.7. The fourth-order valence-electron chi connectivity index (χ4n) is 3.60. The maximum Gasteiger partial charge on any atom is 0.154 e. The van der Waals surface area contributed by atoms with Gasteiger partial charge in [-0.25, -0.2) is 14.5 Å². The van der Waals surface area contributed by atoms with Crippen LogP contribution in [0, 0.1) is 6.92 Å². The van der Waals surface area contributed by atoms with Crippen LogP contribution in [-0.2, 0) is 6.54 Å². The van der Waals surface area contributed by atoms with Gasteiger partial charge in [-0.3, -0.25) is 0 Å². The molecule has 30 heavy (non-hydrogen) atoms. The Balaban J connectivity index is 1.58. The smallest absolute Gasteiger partial charge is 0.154 e. The summed E-state index contributed by atoms with van der Waals surface area (Å²) in [7, 11) is 0. The second-order valence-electron chi connectivity index (χ2n) is 7.24. The molecule has 0 bridgehead atoms. The lowest BCUT2D eigenvalue weighted by Gasteiger charge is -2.09. The van der Waals surface area contributed by atoms with E-state index < -0.39 is 0 Å². The fourth-order valence-corrected chi connectivity index (χ4v) is 3.60. The number of aromatic nitrogens is 4. The van der Waals surface area contributed by atoms with Crippen LogP contribution in [0.25, 0.3) is 28.2 Å². The Morgan fingerprint density at radius 3 is 2.60 bits per heavy atom. The normalized spacial score (nSPS) is 11.0. The lowest BCUT2D eigenvalue weighted by molar-refractivity contribution is 0.942. The van der Waals surface area contributed by atoms with Gasteiger partial charge in [-0.1, -0.05) is 54.1 Å². The highest BCUT2D eigenvalue weighted by atomic mass is 15.3. The fraction of sp³-hybridized carbons (Fsp3) is 0.0800.